The van der Waals surface area contributed by atoms with Gasteiger partial charge in [0.15, 0.2) is 0 Å². The summed E-state index contributed by atoms with van der Waals surface area (Å²) in [4.78, 5) is 16.3. The van der Waals surface area contributed by atoms with Gasteiger partial charge in [0, 0.05) is 12.4 Å². The topological polar surface area (TPSA) is 42.0 Å². The summed E-state index contributed by atoms with van der Waals surface area (Å²) in [5, 5.41) is 3.80. The van der Waals surface area contributed by atoms with Crippen LogP contribution in [-0.2, 0) is 0 Å². The van der Waals surface area contributed by atoms with Gasteiger partial charge in [0.1, 0.15) is 4.88 Å². The van der Waals surface area contributed by atoms with Crippen molar-refractivity contribution < 1.29 is 4.79 Å². The monoisotopic (exact) mass is 260 g/mol. The van der Waals surface area contributed by atoms with Gasteiger partial charge in [-0.1, -0.05) is 6.92 Å². The molecule has 0 saturated carbocycles. The summed E-state index contributed by atoms with van der Waals surface area (Å²) in [6, 6.07) is 0. The fourth-order valence-electron chi connectivity index (χ4n) is 1.28. The summed E-state index contributed by atoms with van der Waals surface area (Å²) in [7, 11) is 0. The zero-order valence-corrected chi connectivity index (χ0v) is 11.2. The van der Waals surface area contributed by atoms with E-state index in [4.69, 9.17) is 11.6 Å². The Labute approximate surface area is 105 Å². The number of alkyl halides is 1. The molecule has 1 heterocycles. The van der Waals surface area contributed by atoms with Crippen LogP contribution in [0.2, 0.25) is 0 Å². The Morgan fingerprint density at radius 2 is 2.44 bits per heavy atom. The van der Waals surface area contributed by atoms with Crippen molar-refractivity contribution in [2.45, 2.75) is 26.7 Å². The van der Waals surface area contributed by atoms with Crippen LogP contribution in [0.1, 0.15) is 34.4 Å². The minimum Gasteiger partial charge on any atom is -0.351 e. The lowest BCUT2D eigenvalue weighted by molar-refractivity contribution is 0.0956. The average Bonchev–Trinajstić information content (AvgIpc) is 2.70. The first-order chi connectivity index (χ1) is 7.63. The third-order valence-corrected chi connectivity index (χ3v) is 3.71. The minimum atomic E-state index is -0.0240. The second-order valence-corrected chi connectivity index (χ2v) is 5.44. The Kier molecular flexibility index (Phi) is 5.77. The number of aromatic nitrogens is 1. The van der Waals surface area contributed by atoms with Gasteiger partial charge < -0.3 is 5.32 Å². The lowest BCUT2D eigenvalue weighted by Gasteiger charge is -2.07. The molecule has 0 bridgehead atoms. The first kappa shape index (κ1) is 13.5. The fraction of sp³-hybridized carbons (Fsp3) is 0.636. The van der Waals surface area contributed by atoms with Crippen LogP contribution in [0.4, 0.5) is 0 Å². The minimum absolute atomic E-state index is 0.0240. The van der Waals surface area contributed by atoms with Gasteiger partial charge >= 0.3 is 0 Å². The van der Waals surface area contributed by atoms with Crippen molar-refractivity contribution in [2.24, 2.45) is 5.92 Å². The van der Waals surface area contributed by atoms with Crippen molar-refractivity contribution in [2.75, 3.05) is 12.4 Å². The van der Waals surface area contributed by atoms with Crippen LogP contribution in [0.25, 0.3) is 0 Å². The van der Waals surface area contributed by atoms with E-state index >= 15 is 0 Å². The zero-order valence-electron chi connectivity index (χ0n) is 9.62. The van der Waals surface area contributed by atoms with Crippen LogP contribution >= 0.6 is 22.9 Å². The molecule has 5 heteroatoms. The molecular weight excluding hydrogens is 244 g/mol. The summed E-state index contributed by atoms with van der Waals surface area (Å²) in [5.41, 5.74) is 0. The molecule has 1 unspecified atom stereocenters. The number of nitrogens with one attached hydrogen (secondary N) is 1. The Morgan fingerprint density at radius 3 is 3.00 bits per heavy atom. The molecule has 0 aromatic carbocycles. The van der Waals surface area contributed by atoms with Gasteiger partial charge in [-0.3, -0.25) is 4.79 Å². The Bertz CT molecular complexity index is 340. The molecule has 0 spiro atoms. The lowest BCUT2D eigenvalue weighted by atomic mass is 10.1. The van der Waals surface area contributed by atoms with Crippen LogP contribution in [0.15, 0.2) is 6.20 Å². The second kappa shape index (κ2) is 6.86. The maximum absolute atomic E-state index is 11.6. The third kappa shape index (κ3) is 4.49. The summed E-state index contributed by atoms with van der Waals surface area (Å²) in [6.45, 7) is 4.71. The number of carbonyl (C=O) groups excluding carboxylic acids is 1. The van der Waals surface area contributed by atoms with E-state index in [1.165, 1.54) is 11.3 Å². The molecule has 1 aromatic heterocycles. The Hall–Kier alpha value is -0.610. The standard InChI is InChI=1S/C11H17ClN2OS/c1-8(6-12)4-3-5-13-11(15)10-7-14-9(2)16-10/h7-8H,3-6H2,1-2H3,(H,13,15). The van der Waals surface area contributed by atoms with E-state index in [0.29, 0.717) is 23.2 Å². The van der Waals surface area contributed by atoms with E-state index in [2.05, 4.69) is 17.2 Å². The maximum Gasteiger partial charge on any atom is 0.263 e. The van der Waals surface area contributed by atoms with Crippen molar-refractivity contribution in [1.29, 1.82) is 0 Å². The number of thiazole rings is 1. The molecule has 90 valence electrons. The lowest BCUT2D eigenvalue weighted by Crippen LogP contribution is -2.23. The molecular formula is C11H17ClN2OS. The van der Waals surface area contributed by atoms with E-state index < -0.39 is 0 Å². The quantitative estimate of drug-likeness (QED) is 0.631. The largest absolute Gasteiger partial charge is 0.351 e. The van der Waals surface area contributed by atoms with Crippen molar-refractivity contribution in [1.82, 2.24) is 10.3 Å². The van der Waals surface area contributed by atoms with Crippen molar-refractivity contribution in [3.8, 4) is 0 Å². The number of nitrogens with zero attached hydrogens (tertiary/aromatic N) is 1. The molecule has 16 heavy (non-hydrogen) atoms. The number of carbonyl (C=O) groups is 1. The smallest absolute Gasteiger partial charge is 0.263 e. The third-order valence-electron chi connectivity index (χ3n) is 2.27. The highest BCUT2D eigenvalue weighted by Crippen LogP contribution is 2.11. The molecule has 0 radical (unpaired) electrons. The maximum atomic E-state index is 11.6. The van der Waals surface area contributed by atoms with E-state index in [9.17, 15) is 4.79 Å². The Morgan fingerprint density at radius 1 is 1.69 bits per heavy atom. The first-order valence-electron chi connectivity index (χ1n) is 5.40. The molecule has 0 fully saturated rings. The highest BCUT2D eigenvalue weighted by atomic mass is 35.5. The molecule has 1 amide bonds. The number of halogens is 1. The van der Waals surface area contributed by atoms with E-state index in [0.717, 1.165) is 17.8 Å². The van der Waals surface area contributed by atoms with E-state index in [1.807, 2.05) is 6.92 Å². The Balaban J connectivity index is 2.21. The normalized spacial score (nSPS) is 12.4. The molecule has 1 atom stereocenters. The summed E-state index contributed by atoms with van der Waals surface area (Å²) in [5.74, 6) is 1.18. The van der Waals surface area contributed by atoms with Gasteiger partial charge in [-0.05, 0) is 25.7 Å². The van der Waals surface area contributed by atoms with Gasteiger partial charge in [-0.15, -0.1) is 22.9 Å². The molecule has 1 rings (SSSR count). The summed E-state index contributed by atoms with van der Waals surface area (Å²) >= 11 is 7.12. The van der Waals surface area contributed by atoms with Crippen LogP contribution < -0.4 is 5.32 Å². The molecule has 3 nitrogen and oxygen atoms in total. The number of rotatable bonds is 6. The number of aryl methyl sites for hydroxylation is 1. The van der Waals surface area contributed by atoms with Gasteiger partial charge in [-0.2, -0.15) is 0 Å². The van der Waals surface area contributed by atoms with Gasteiger partial charge in [0.25, 0.3) is 5.91 Å². The molecule has 0 saturated heterocycles. The molecule has 0 aliphatic carbocycles. The number of amides is 1. The number of hydrogen-bond donors (Lipinski definition) is 1. The first-order valence-corrected chi connectivity index (χ1v) is 6.75. The summed E-state index contributed by atoms with van der Waals surface area (Å²) < 4.78 is 0. The average molecular weight is 261 g/mol. The predicted octanol–water partition coefficient (Wildman–Crippen LogP) is 2.84. The van der Waals surface area contributed by atoms with Gasteiger partial charge in [0.05, 0.1) is 11.2 Å². The van der Waals surface area contributed by atoms with Crippen LogP contribution in [0.5, 0.6) is 0 Å². The second-order valence-electron chi connectivity index (χ2n) is 3.90. The van der Waals surface area contributed by atoms with Crippen LogP contribution in [-0.4, -0.2) is 23.3 Å². The van der Waals surface area contributed by atoms with Crippen LogP contribution in [0.3, 0.4) is 0 Å². The van der Waals surface area contributed by atoms with Crippen molar-refractivity contribution in [3.05, 3.63) is 16.1 Å². The van der Waals surface area contributed by atoms with E-state index in [-0.39, 0.29) is 5.91 Å². The zero-order chi connectivity index (χ0) is 12.0. The fourth-order valence-corrected chi connectivity index (χ4v) is 2.13. The van der Waals surface area contributed by atoms with Crippen LogP contribution in [0, 0.1) is 12.8 Å². The molecule has 1 N–H and O–H groups in total. The SMILES string of the molecule is Cc1ncc(C(=O)NCCCC(C)CCl)s1. The summed E-state index contributed by atoms with van der Waals surface area (Å²) in [6.07, 6.45) is 3.64. The van der Waals surface area contributed by atoms with E-state index in [1.54, 1.807) is 6.20 Å². The molecule has 0 aliphatic heterocycles. The van der Waals surface area contributed by atoms with Gasteiger partial charge in [-0.25, -0.2) is 4.98 Å². The predicted molar refractivity (Wildman–Crippen MR) is 68.3 cm³/mol. The number of hydrogen-bond acceptors (Lipinski definition) is 3. The van der Waals surface area contributed by atoms with Crippen molar-refractivity contribution >= 4 is 28.8 Å². The van der Waals surface area contributed by atoms with Crippen molar-refractivity contribution in [3.63, 3.8) is 0 Å². The highest BCUT2D eigenvalue weighted by molar-refractivity contribution is 7.13. The molecule has 0 aliphatic rings. The van der Waals surface area contributed by atoms with Gasteiger partial charge in [0.2, 0.25) is 0 Å². The highest BCUT2D eigenvalue weighted by Gasteiger charge is 2.08. The molecule has 1 aromatic rings.